The standard InChI is InChI=1S/C19H23NO2S/c21-13-19-12-20(10-16(19)8-9-22-14-19)11-17-6-7-18(23-17)15-4-2-1-3-5-15/h1-7,16,21H,8-14H2/t16-,19+/m0/s1. The van der Waals surface area contributed by atoms with Crippen molar-refractivity contribution in [1.29, 1.82) is 0 Å². The molecule has 4 heteroatoms. The lowest BCUT2D eigenvalue weighted by Crippen LogP contribution is -2.42. The molecule has 4 rings (SSSR count). The van der Waals surface area contributed by atoms with Crippen molar-refractivity contribution < 1.29 is 9.84 Å². The van der Waals surface area contributed by atoms with Gasteiger partial charge in [0.05, 0.1) is 13.2 Å². The van der Waals surface area contributed by atoms with Crippen LogP contribution < -0.4 is 0 Å². The van der Waals surface area contributed by atoms with E-state index in [0.29, 0.717) is 12.5 Å². The fraction of sp³-hybridized carbons (Fsp3) is 0.474. The molecule has 0 bridgehead atoms. The minimum atomic E-state index is -0.0300. The quantitative estimate of drug-likeness (QED) is 0.935. The van der Waals surface area contributed by atoms with Crippen LogP contribution in [0.2, 0.25) is 0 Å². The largest absolute Gasteiger partial charge is 0.396 e. The van der Waals surface area contributed by atoms with Crippen molar-refractivity contribution in [2.24, 2.45) is 11.3 Å². The molecule has 2 fully saturated rings. The van der Waals surface area contributed by atoms with E-state index in [1.54, 1.807) is 0 Å². The minimum Gasteiger partial charge on any atom is -0.396 e. The molecule has 2 atom stereocenters. The second-order valence-corrected chi connectivity index (χ2v) is 8.03. The van der Waals surface area contributed by atoms with E-state index in [1.807, 2.05) is 11.3 Å². The number of nitrogens with zero attached hydrogens (tertiary/aromatic N) is 1. The van der Waals surface area contributed by atoms with Crippen molar-refractivity contribution >= 4 is 11.3 Å². The van der Waals surface area contributed by atoms with Gasteiger partial charge in [0.25, 0.3) is 0 Å². The van der Waals surface area contributed by atoms with Crippen LogP contribution in [0.5, 0.6) is 0 Å². The number of aliphatic hydroxyl groups excluding tert-OH is 1. The van der Waals surface area contributed by atoms with Crippen molar-refractivity contribution in [3.05, 3.63) is 47.3 Å². The van der Waals surface area contributed by atoms with Gasteiger partial charge in [0.2, 0.25) is 0 Å². The van der Waals surface area contributed by atoms with E-state index >= 15 is 0 Å². The first-order valence-corrected chi connectivity index (χ1v) is 9.16. The summed E-state index contributed by atoms with van der Waals surface area (Å²) in [5, 5.41) is 9.88. The first kappa shape index (κ1) is 15.3. The van der Waals surface area contributed by atoms with Crippen LogP contribution in [0, 0.1) is 11.3 Å². The fourth-order valence-corrected chi connectivity index (χ4v) is 5.05. The highest BCUT2D eigenvalue weighted by Crippen LogP contribution is 2.42. The number of aliphatic hydroxyl groups is 1. The van der Waals surface area contributed by atoms with Gasteiger partial charge in [-0.1, -0.05) is 30.3 Å². The van der Waals surface area contributed by atoms with Gasteiger partial charge in [-0.2, -0.15) is 0 Å². The Morgan fingerprint density at radius 2 is 2.09 bits per heavy atom. The zero-order valence-electron chi connectivity index (χ0n) is 13.3. The highest BCUT2D eigenvalue weighted by Gasteiger charge is 2.47. The summed E-state index contributed by atoms with van der Waals surface area (Å²) < 4.78 is 5.65. The zero-order valence-corrected chi connectivity index (χ0v) is 14.1. The normalized spacial score (nSPS) is 28.0. The first-order chi connectivity index (χ1) is 11.3. The summed E-state index contributed by atoms with van der Waals surface area (Å²) in [6, 6.07) is 15.0. The molecule has 2 saturated heterocycles. The maximum atomic E-state index is 9.88. The summed E-state index contributed by atoms with van der Waals surface area (Å²) in [6.07, 6.45) is 1.08. The van der Waals surface area contributed by atoms with Crippen molar-refractivity contribution in [2.45, 2.75) is 13.0 Å². The first-order valence-electron chi connectivity index (χ1n) is 8.34. The van der Waals surface area contributed by atoms with Crippen molar-refractivity contribution in [2.75, 3.05) is 32.9 Å². The van der Waals surface area contributed by atoms with Gasteiger partial charge in [0.1, 0.15) is 0 Å². The maximum Gasteiger partial charge on any atom is 0.0559 e. The molecule has 2 aliphatic rings. The van der Waals surface area contributed by atoms with Gasteiger partial charge < -0.3 is 9.84 Å². The predicted molar refractivity (Wildman–Crippen MR) is 93.5 cm³/mol. The molecular weight excluding hydrogens is 306 g/mol. The van der Waals surface area contributed by atoms with Crippen LogP contribution in [0.3, 0.4) is 0 Å². The minimum absolute atomic E-state index is 0.0300. The number of benzene rings is 1. The lowest BCUT2D eigenvalue weighted by Gasteiger charge is -2.36. The molecule has 0 aliphatic carbocycles. The molecule has 2 aromatic rings. The lowest BCUT2D eigenvalue weighted by molar-refractivity contribution is -0.0561. The Kier molecular flexibility index (Phi) is 4.24. The highest BCUT2D eigenvalue weighted by molar-refractivity contribution is 7.15. The van der Waals surface area contributed by atoms with E-state index in [1.165, 1.54) is 15.3 Å². The summed E-state index contributed by atoms with van der Waals surface area (Å²) in [6.45, 7) is 4.82. The summed E-state index contributed by atoms with van der Waals surface area (Å²) in [5.41, 5.74) is 1.26. The second kappa shape index (κ2) is 6.36. The molecule has 23 heavy (non-hydrogen) atoms. The van der Waals surface area contributed by atoms with Crippen LogP contribution in [0.15, 0.2) is 42.5 Å². The van der Waals surface area contributed by atoms with Gasteiger partial charge in [-0.05, 0) is 30.0 Å². The number of likely N-dealkylation sites (tertiary alicyclic amines) is 1. The van der Waals surface area contributed by atoms with Gasteiger partial charge in [-0.3, -0.25) is 4.90 Å². The molecule has 0 unspecified atom stereocenters. The molecule has 0 saturated carbocycles. The topological polar surface area (TPSA) is 32.7 Å². The Balaban J connectivity index is 1.46. The second-order valence-electron chi connectivity index (χ2n) is 6.86. The van der Waals surface area contributed by atoms with Crippen molar-refractivity contribution in [3.8, 4) is 10.4 Å². The molecule has 1 aromatic heterocycles. The van der Waals surface area contributed by atoms with Crippen LogP contribution in [0.4, 0.5) is 0 Å². The summed E-state index contributed by atoms with van der Waals surface area (Å²) >= 11 is 1.88. The van der Waals surface area contributed by atoms with E-state index in [0.717, 1.165) is 32.7 Å². The molecule has 0 spiro atoms. The Bertz CT molecular complexity index is 656. The van der Waals surface area contributed by atoms with Crippen molar-refractivity contribution in [3.63, 3.8) is 0 Å². The van der Waals surface area contributed by atoms with Crippen LogP contribution in [-0.2, 0) is 11.3 Å². The summed E-state index contributed by atoms with van der Waals surface area (Å²) in [4.78, 5) is 5.23. The zero-order chi connectivity index (χ0) is 15.7. The van der Waals surface area contributed by atoms with E-state index in [2.05, 4.69) is 47.4 Å². The third kappa shape index (κ3) is 2.96. The van der Waals surface area contributed by atoms with Gasteiger partial charge in [0, 0.05) is 41.4 Å². The third-order valence-corrected chi connectivity index (χ3v) is 6.42. The number of rotatable bonds is 4. The number of fused-ring (bicyclic) bond motifs is 1. The fourth-order valence-electron chi connectivity index (χ4n) is 3.99. The average molecular weight is 329 g/mol. The molecule has 122 valence electrons. The number of hydrogen-bond acceptors (Lipinski definition) is 4. The molecule has 0 radical (unpaired) electrons. The van der Waals surface area contributed by atoms with Gasteiger partial charge in [-0.15, -0.1) is 11.3 Å². The van der Waals surface area contributed by atoms with Crippen molar-refractivity contribution in [1.82, 2.24) is 4.90 Å². The molecular formula is C19H23NO2S. The van der Waals surface area contributed by atoms with Crippen LogP contribution in [0.1, 0.15) is 11.3 Å². The van der Waals surface area contributed by atoms with E-state index in [9.17, 15) is 5.11 Å². The number of hydrogen-bond donors (Lipinski definition) is 1. The molecule has 2 aliphatic heterocycles. The molecule has 1 aromatic carbocycles. The van der Waals surface area contributed by atoms with Crippen LogP contribution in [-0.4, -0.2) is 42.9 Å². The average Bonchev–Trinajstić information content (AvgIpc) is 3.20. The summed E-state index contributed by atoms with van der Waals surface area (Å²) in [5.74, 6) is 0.579. The van der Waals surface area contributed by atoms with Crippen LogP contribution >= 0.6 is 11.3 Å². The Morgan fingerprint density at radius 3 is 2.87 bits per heavy atom. The Labute approximate surface area is 141 Å². The molecule has 3 nitrogen and oxygen atoms in total. The molecule has 3 heterocycles. The third-order valence-electron chi connectivity index (χ3n) is 5.30. The van der Waals surface area contributed by atoms with E-state index in [-0.39, 0.29) is 12.0 Å². The van der Waals surface area contributed by atoms with E-state index in [4.69, 9.17) is 4.74 Å². The van der Waals surface area contributed by atoms with E-state index < -0.39 is 0 Å². The predicted octanol–water partition coefficient (Wildman–Crippen LogP) is 3.25. The van der Waals surface area contributed by atoms with Crippen LogP contribution in [0.25, 0.3) is 10.4 Å². The monoisotopic (exact) mass is 329 g/mol. The Morgan fingerprint density at radius 1 is 1.22 bits per heavy atom. The SMILES string of the molecule is OC[C@]12COCC[C@H]1CN(Cc1ccc(-c3ccccc3)s1)C2. The van der Waals surface area contributed by atoms with Gasteiger partial charge in [-0.25, -0.2) is 0 Å². The smallest absolute Gasteiger partial charge is 0.0559 e. The highest BCUT2D eigenvalue weighted by atomic mass is 32.1. The number of thiophene rings is 1. The maximum absolute atomic E-state index is 9.88. The Hall–Kier alpha value is -1.20. The van der Waals surface area contributed by atoms with Gasteiger partial charge >= 0.3 is 0 Å². The lowest BCUT2D eigenvalue weighted by atomic mass is 9.76. The summed E-state index contributed by atoms with van der Waals surface area (Å²) in [7, 11) is 0. The molecule has 0 amide bonds. The van der Waals surface area contributed by atoms with Gasteiger partial charge in [0.15, 0.2) is 0 Å². The molecule has 1 N–H and O–H groups in total. The number of ether oxygens (including phenoxy) is 1.